The van der Waals surface area contributed by atoms with Gasteiger partial charge < -0.3 is 5.32 Å². The maximum absolute atomic E-state index is 12.4. The molecule has 0 radical (unpaired) electrons. The highest BCUT2D eigenvalue weighted by atomic mass is 35.5. The van der Waals surface area contributed by atoms with Crippen molar-refractivity contribution < 1.29 is 8.42 Å². The van der Waals surface area contributed by atoms with Gasteiger partial charge in [-0.15, -0.1) is 12.4 Å². The third-order valence-electron chi connectivity index (χ3n) is 3.26. The molecule has 1 heterocycles. The fraction of sp³-hybridized carbons (Fsp3) is 0.500. The minimum atomic E-state index is -3.35. The monoisotopic (exact) mass is 290 g/mol. The van der Waals surface area contributed by atoms with E-state index in [9.17, 15) is 8.42 Å². The number of sulfonamides is 1. The SMILES string of the molecule is Cc1ccc(S(=O)(=O)N(C)C2CNC2)c(C)c1.Cl. The molecule has 2 rings (SSSR count). The average Bonchev–Trinajstić information content (AvgIpc) is 2.13. The van der Waals surface area contributed by atoms with Gasteiger partial charge in [-0.05, 0) is 25.5 Å². The van der Waals surface area contributed by atoms with E-state index in [2.05, 4.69) is 5.32 Å². The van der Waals surface area contributed by atoms with Crippen LogP contribution in [0.5, 0.6) is 0 Å². The van der Waals surface area contributed by atoms with Crippen molar-refractivity contribution >= 4 is 22.4 Å². The van der Waals surface area contributed by atoms with Gasteiger partial charge in [0.15, 0.2) is 0 Å². The van der Waals surface area contributed by atoms with Gasteiger partial charge in [-0.1, -0.05) is 17.7 Å². The number of aryl methyl sites for hydroxylation is 2. The number of likely N-dealkylation sites (N-methyl/N-ethyl adjacent to an activating group) is 1. The number of nitrogens with zero attached hydrogens (tertiary/aromatic N) is 1. The fourth-order valence-electron chi connectivity index (χ4n) is 1.97. The molecule has 102 valence electrons. The van der Waals surface area contributed by atoms with E-state index in [0.717, 1.165) is 24.2 Å². The first-order valence-corrected chi connectivity index (χ1v) is 7.13. The standard InChI is InChI=1S/C12H18N2O2S.ClH/c1-9-4-5-12(10(2)6-9)17(15,16)14(3)11-7-13-8-11;/h4-6,11,13H,7-8H2,1-3H3;1H. The minimum Gasteiger partial charge on any atom is -0.313 e. The zero-order valence-corrected chi connectivity index (χ0v) is 12.4. The Bertz CT molecular complexity index is 527. The number of nitrogens with one attached hydrogen (secondary N) is 1. The Hall–Kier alpha value is -0.620. The molecule has 4 nitrogen and oxygen atoms in total. The molecule has 1 aromatic carbocycles. The molecule has 0 aliphatic carbocycles. The highest BCUT2D eigenvalue weighted by molar-refractivity contribution is 7.89. The second-order valence-corrected chi connectivity index (χ2v) is 6.57. The second kappa shape index (κ2) is 5.57. The minimum absolute atomic E-state index is 0. The van der Waals surface area contributed by atoms with Crippen LogP contribution in [0, 0.1) is 13.8 Å². The molecule has 1 aromatic rings. The highest BCUT2D eigenvalue weighted by Gasteiger charge is 2.32. The first-order chi connectivity index (χ1) is 7.93. The van der Waals surface area contributed by atoms with Crippen LogP contribution in [0.25, 0.3) is 0 Å². The van der Waals surface area contributed by atoms with E-state index in [-0.39, 0.29) is 18.4 Å². The van der Waals surface area contributed by atoms with Gasteiger partial charge in [0.25, 0.3) is 0 Å². The van der Waals surface area contributed by atoms with Gasteiger partial charge in [-0.3, -0.25) is 0 Å². The van der Waals surface area contributed by atoms with Crippen LogP contribution in [-0.2, 0) is 10.0 Å². The molecule has 0 bridgehead atoms. The molecule has 0 amide bonds. The molecule has 0 aromatic heterocycles. The Morgan fingerprint density at radius 1 is 1.28 bits per heavy atom. The number of rotatable bonds is 3. The molecule has 0 saturated carbocycles. The van der Waals surface area contributed by atoms with Crippen molar-refractivity contribution in [2.75, 3.05) is 20.1 Å². The fourth-order valence-corrected chi connectivity index (χ4v) is 3.53. The summed E-state index contributed by atoms with van der Waals surface area (Å²) < 4.78 is 26.3. The Balaban J connectivity index is 0.00000162. The average molecular weight is 291 g/mol. The van der Waals surface area contributed by atoms with Gasteiger partial charge in [0.1, 0.15) is 0 Å². The molecule has 1 aliphatic heterocycles. The largest absolute Gasteiger partial charge is 0.313 e. The van der Waals surface area contributed by atoms with E-state index >= 15 is 0 Å². The van der Waals surface area contributed by atoms with Crippen molar-refractivity contribution in [3.8, 4) is 0 Å². The predicted octanol–water partition coefficient (Wildman–Crippen LogP) is 1.32. The van der Waals surface area contributed by atoms with E-state index in [1.807, 2.05) is 26.0 Å². The van der Waals surface area contributed by atoms with Crippen molar-refractivity contribution in [1.29, 1.82) is 0 Å². The summed E-state index contributed by atoms with van der Waals surface area (Å²) in [6, 6.07) is 5.52. The Morgan fingerprint density at radius 2 is 1.89 bits per heavy atom. The smallest absolute Gasteiger partial charge is 0.243 e. The summed E-state index contributed by atoms with van der Waals surface area (Å²) in [5.41, 5.74) is 1.89. The molecular formula is C12H19ClN2O2S. The van der Waals surface area contributed by atoms with Crippen molar-refractivity contribution in [1.82, 2.24) is 9.62 Å². The van der Waals surface area contributed by atoms with E-state index in [1.165, 1.54) is 4.31 Å². The number of benzene rings is 1. The first-order valence-electron chi connectivity index (χ1n) is 5.69. The predicted molar refractivity (Wildman–Crippen MR) is 74.8 cm³/mol. The highest BCUT2D eigenvalue weighted by Crippen LogP contribution is 2.22. The summed E-state index contributed by atoms with van der Waals surface area (Å²) in [5, 5.41) is 3.08. The molecule has 1 saturated heterocycles. The van der Waals surface area contributed by atoms with E-state index in [1.54, 1.807) is 13.1 Å². The van der Waals surface area contributed by atoms with Gasteiger partial charge >= 0.3 is 0 Å². The molecule has 18 heavy (non-hydrogen) atoms. The third-order valence-corrected chi connectivity index (χ3v) is 5.33. The van der Waals surface area contributed by atoms with Crippen LogP contribution in [0.15, 0.2) is 23.1 Å². The van der Waals surface area contributed by atoms with Crippen LogP contribution < -0.4 is 5.32 Å². The first kappa shape index (κ1) is 15.4. The Morgan fingerprint density at radius 3 is 2.33 bits per heavy atom. The van der Waals surface area contributed by atoms with Crippen molar-refractivity contribution in [2.45, 2.75) is 24.8 Å². The zero-order valence-electron chi connectivity index (χ0n) is 10.8. The van der Waals surface area contributed by atoms with E-state index < -0.39 is 10.0 Å². The van der Waals surface area contributed by atoms with Crippen molar-refractivity contribution in [2.24, 2.45) is 0 Å². The third kappa shape index (κ3) is 2.69. The van der Waals surface area contributed by atoms with Crippen molar-refractivity contribution in [3.05, 3.63) is 29.3 Å². The summed E-state index contributed by atoms with van der Waals surface area (Å²) in [6.45, 7) is 5.27. The molecule has 0 atom stereocenters. The van der Waals surface area contributed by atoms with Gasteiger partial charge in [0.05, 0.1) is 4.90 Å². The summed E-state index contributed by atoms with van der Waals surface area (Å²) >= 11 is 0. The molecular weight excluding hydrogens is 272 g/mol. The normalized spacial score (nSPS) is 16.2. The number of hydrogen-bond acceptors (Lipinski definition) is 3. The van der Waals surface area contributed by atoms with Crippen LogP contribution in [0.2, 0.25) is 0 Å². The molecule has 1 N–H and O–H groups in total. The van der Waals surface area contributed by atoms with Crippen LogP contribution >= 0.6 is 12.4 Å². The Labute approximate surface area is 115 Å². The molecule has 0 unspecified atom stereocenters. The van der Waals surface area contributed by atoms with E-state index in [4.69, 9.17) is 0 Å². The zero-order chi connectivity index (χ0) is 12.6. The lowest BCUT2D eigenvalue weighted by Crippen LogP contribution is -2.57. The number of halogens is 1. The maximum atomic E-state index is 12.4. The topological polar surface area (TPSA) is 49.4 Å². The summed E-state index contributed by atoms with van der Waals surface area (Å²) in [4.78, 5) is 0.414. The molecule has 1 fully saturated rings. The van der Waals surface area contributed by atoms with Crippen LogP contribution in [0.1, 0.15) is 11.1 Å². The molecule has 1 aliphatic rings. The van der Waals surface area contributed by atoms with E-state index in [0.29, 0.717) is 4.90 Å². The lowest BCUT2D eigenvalue weighted by atomic mass is 10.2. The molecule has 0 spiro atoms. The van der Waals surface area contributed by atoms with Crippen molar-refractivity contribution in [3.63, 3.8) is 0 Å². The Kier molecular flexibility index (Phi) is 4.78. The summed E-state index contributed by atoms with van der Waals surface area (Å²) in [7, 11) is -1.70. The lowest BCUT2D eigenvalue weighted by Gasteiger charge is -2.35. The van der Waals surface area contributed by atoms with Gasteiger partial charge in [-0.2, -0.15) is 4.31 Å². The maximum Gasteiger partial charge on any atom is 0.243 e. The summed E-state index contributed by atoms with van der Waals surface area (Å²) in [6.07, 6.45) is 0. The second-order valence-electron chi connectivity index (χ2n) is 4.60. The quantitative estimate of drug-likeness (QED) is 0.913. The van der Waals surface area contributed by atoms with Crippen LogP contribution in [0.4, 0.5) is 0 Å². The van der Waals surface area contributed by atoms with Crippen LogP contribution in [0.3, 0.4) is 0 Å². The van der Waals surface area contributed by atoms with Gasteiger partial charge in [-0.25, -0.2) is 8.42 Å². The van der Waals surface area contributed by atoms with Gasteiger partial charge in [0, 0.05) is 26.2 Å². The van der Waals surface area contributed by atoms with Gasteiger partial charge in [0.2, 0.25) is 10.0 Å². The van der Waals surface area contributed by atoms with Crippen LogP contribution in [-0.4, -0.2) is 38.9 Å². The lowest BCUT2D eigenvalue weighted by molar-refractivity contribution is 0.274. The summed E-state index contributed by atoms with van der Waals surface area (Å²) in [5.74, 6) is 0. The number of hydrogen-bond donors (Lipinski definition) is 1. The molecule has 6 heteroatoms.